The number of pyridine rings is 1. The molecule has 0 bridgehead atoms. The molecule has 1 N–H and O–H groups in total. The summed E-state index contributed by atoms with van der Waals surface area (Å²) in [5.41, 5.74) is 2.14. The number of hydrogen-bond donors (Lipinski definition) is 1. The van der Waals surface area contributed by atoms with Crippen LogP contribution in [0.25, 0.3) is 0 Å². The highest BCUT2D eigenvalue weighted by Gasteiger charge is 1.99. The summed E-state index contributed by atoms with van der Waals surface area (Å²) in [6.45, 7) is 4.35. The summed E-state index contributed by atoms with van der Waals surface area (Å²) in [6.07, 6.45) is 1.78. The lowest BCUT2D eigenvalue weighted by atomic mass is 10.2. The quantitative estimate of drug-likeness (QED) is 0.884. The minimum atomic E-state index is 0.567. The number of hydrogen-bond acceptors (Lipinski definition) is 3. The largest absolute Gasteiger partial charge is 0.489 e. The number of nitrogens with one attached hydrogen (secondary N) is 1. The van der Waals surface area contributed by atoms with E-state index in [9.17, 15) is 0 Å². The first-order valence-corrected chi connectivity index (χ1v) is 7.10. The van der Waals surface area contributed by atoms with Gasteiger partial charge in [0.2, 0.25) is 0 Å². The van der Waals surface area contributed by atoms with Crippen LogP contribution in [0.5, 0.6) is 5.75 Å². The fraction of sp³-hybridized carbons (Fsp3) is 0.267. The maximum atomic E-state index is 5.77. The first-order valence-electron chi connectivity index (χ1n) is 6.31. The molecule has 0 fully saturated rings. The summed E-state index contributed by atoms with van der Waals surface area (Å²) in [7, 11) is 0. The lowest BCUT2D eigenvalue weighted by Gasteiger charge is -2.08. The number of aromatic nitrogens is 1. The molecule has 0 unspecified atom stereocenters. The molecular formula is C15H17BrN2O. The third-order valence-electron chi connectivity index (χ3n) is 2.66. The fourth-order valence-corrected chi connectivity index (χ4v) is 1.91. The average molecular weight is 321 g/mol. The van der Waals surface area contributed by atoms with E-state index in [-0.39, 0.29) is 0 Å². The van der Waals surface area contributed by atoms with E-state index in [1.165, 1.54) is 0 Å². The Balaban J connectivity index is 1.93. The van der Waals surface area contributed by atoms with Gasteiger partial charge < -0.3 is 10.1 Å². The van der Waals surface area contributed by atoms with E-state index >= 15 is 0 Å². The van der Waals surface area contributed by atoms with Gasteiger partial charge in [0.1, 0.15) is 12.4 Å². The van der Waals surface area contributed by atoms with Crippen LogP contribution in [-0.2, 0) is 13.2 Å². The van der Waals surface area contributed by atoms with Crippen molar-refractivity contribution >= 4 is 15.9 Å². The number of rotatable bonds is 6. The Kier molecular flexibility index (Phi) is 5.36. The maximum Gasteiger partial charge on any atom is 0.123 e. The van der Waals surface area contributed by atoms with Crippen LogP contribution in [0.15, 0.2) is 47.1 Å². The van der Waals surface area contributed by atoms with E-state index in [2.05, 4.69) is 33.2 Å². The normalized spacial score (nSPS) is 10.4. The Morgan fingerprint density at radius 1 is 1.21 bits per heavy atom. The number of nitrogens with zero attached hydrogens (tertiary/aromatic N) is 1. The first-order chi connectivity index (χ1) is 9.28. The van der Waals surface area contributed by atoms with Gasteiger partial charge in [0, 0.05) is 23.3 Å². The predicted octanol–water partition coefficient (Wildman–Crippen LogP) is 3.53. The molecule has 19 heavy (non-hydrogen) atoms. The van der Waals surface area contributed by atoms with Gasteiger partial charge in [-0.3, -0.25) is 4.98 Å². The minimum absolute atomic E-state index is 0.567. The van der Waals surface area contributed by atoms with Gasteiger partial charge in [-0.1, -0.05) is 35.0 Å². The zero-order valence-corrected chi connectivity index (χ0v) is 12.5. The lowest BCUT2D eigenvalue weighted by Crippen LogP contribution is -2.12. The van der Waals surface area contributed by atoms with E-state index in [4.69, 9.17) is 4.74 Å². The standard InChI is InChI=1S/C15H17BrN2O/c1-2-17-10-14-9-15(7-8-18-14)19-11-12-3-5-13(16)6-4-12/h3-9,17H,2,10-11H2,1H3. The summed E-state index contributed by atoms with van der Waals surface area (Å²) in [6, 6.07) is 12.0. The van der Waals surface area contributed by atoms with Crippen LogP contribution in [0.3, 0.4) is 0 Å². The van der Waals surface area contributed by atoms with E-state index in [1.807, 2.05) is 36.4 Å². The highest BCUT2D eigenvalue weighted by molar-refractivity contribution is 9.10. The summed E-state index contributed by atoms with van der Waals surface area (Å²) in [5, 5.41) is 3.25. The number of benzene rings is 1. The molecule has 3 nitrogen and oxygen atoms in total. The molecule has 0 aliphatic carbocycles. The molecule has 0 saturated heterocycles. The van der Waals surface area contributed by atoms with Crippen molar-refractivity contribution in [3.63, 3.8) is 0 Å². The van der Waals surface area contributed by atoms with Crippen LogP contribution >= 0.6 is 15.9 Å². The van der Waals surface area contributed by atoms with Crippen molar-refractivity contribution in [3.8, 4) is 5.75 Å². The highest BCUT2D eigenvalue weighted by atomic mass is 79.9. The van der Waals surface area contributed by atoms with Gasteiger partial charge in [-0.15, -0.1) is 0 Å². The fourth-order valence-electron chi connectivity index (χ4n) is 1.64. The van der Waals surface area contributed by atoms with Crippen LogP contribution in [0.4, 0.5) is 0 Å². The lowest BCUT2D eigenvalue weighted by molar-refractivity contribution is 0.305. The molecule has 0 aliphatic heterocycles. The minimum Gasteiger partial charge on any atom is -0.489 e. The molecular weight excluding hydrogens is 304 g/mol. The average Bonchev–Trinajstić information content (AvgIpc) is 2.45. The van der Waals surface area contributed by atoms with E-state index < -0.39 is 0 Å². The van der Waals surface area contributed by atoms with Gasteiger partial charge in [0.05, 0.1) is 5.69 Å². The van der Waals surface area contributed by atoms with Crippen molar-refractivity contribution < 1.29 is 4.74 Å². The zero-order valence-electron chi connectivity index (χ0n) is 10.9. The van der Waals surface area contributed by atoms with Crippen molar-refractivity contribution in [2.45, 2.75) is 20.1 Å². The molecule has 0 spiro atoms. The van der Waals surface area contributed by atoms with Crippen molar-refractivity contribution in [2.24, 2.45) is 0 Å². The molecule has 1 aromatic heterocycles. The smallest absolute Gasteiger partial charge is 0.123 e. The van der Waals surface area contributed by atoms with Gasteiger partial charge >= 0.3 is 0 Å². The van der Waals surface area contributed by atoms with Crippen LogP contribution in [0.2, 0.25) is 0 Å². The van der Waals surface area contributed by atoms with Crippen LogP contribution in [-0.4, -0.2) is 11.5 Å². The molecule has 0 atom stereocenters. The third-order valence-corrected chi connectivity index (χ3v) is 3.19. The molecule has 2 aromatic rings. The zero-order chi connectivity index (χ0) is 13.5. The monoisotopic (exact) mass is 320 g/mol. The first kappa shape index (κ1) is 14.0. The summed E-state index contributed by atoms with van der Waals surface area (Å²) >= 11 is 3.42. The molecule has 0 radical (unpaired) electrons. The van der Waals surface area contributed by atoms with Gasteiger partial charge in [0.25, 0.3) is 0 Å². The van der Waals surface area contributed by atoms with Gasteiger partial charge in [-0.25, -0.2) is 0 Å². The summed E-state index contributed by atoms with van der Waals surface area (Å²) in [4.78, 5) is 4.29. The second kappa shape index (κ2) is 7.26. The highest BCUT2D eigenvalue weighted by Crippen LogP contribution is 2.15. The Morgan fingerprint density at radius 2 is 2.00 bits per heavy atom. The summed E-state index contributed by atoms with van der Waals surface area (Å²) < 4.78 is 6.85. The third kappa shape index (κ3) is 4.65. The van der Waals surface area contributed by atoms with Crippen molar-refractivity contribution in [1.82, 2.24) is 10.3 Å². The molecule has 100 valence electrons. The van der Waals surface area contributed by atoms with E-state index in [0.29, 0.717) is 6.61 Å². The molecule has 0 saturated carbocycles. The molecule has 0 aliphatic rings. The van der Waals surface area contributed by atoms with Crippen LogP contribution in [0, 0.1) is 0 Å². The number of halogens is 1. The van der Waals surface area contributed by atoms with E-state index in [1.54, 1.807) is 6.20 Å². The van der Waals surface area contributed by atoms with Gasteiger partial charge in [-0.2, -0.15) is 0 Å². The second-order valence-electron chi connectivity index (χ2n) is 4.18. The number of ether oxygens (including phenoxy) is 1. The molecule has 1 heterocycles. The Bertz CT molecular complexity index is 514. The molecule has 0 amide bonds. The molecule has 2 rings (SSSR count). The second-order valence-corrected chi connectivity index (χ2v) is 5.09. The van der Waals surface area contributed by atoms with Crippen molar-refractivity contribution in [3.05, 3.63) is 58.3 Å². The van der Waals surface area contributed by atoms with Crippen LogP contribution in [0.1, 0.15) is 18.2 Å². The predicted molar refractivity (Wildman–Crippen MR) is 80.1 cm³/mol. The van der Waals surface area contributed by atoms with Crippen LogP contribution < -0.4 is 10.1 Å². The molecule has 4 heteroatoms. The SMILES string of the molecule is CCNCc1cc(OCc2ccc(Br)cc2)ccn1. The Labute approximate surface area is 122 Å². The van der Waals surface area contributed by atoms with E-state index in [0.717, 1.165) is 34.6 Å². The Morgan fingerprint density at radius 3 is 2.74 bits per heavy atom. The van der Waals surface area contributed by atoms with Crippen molar-refractivity contribution in [1.29, 1.82) is 0 Å². The maximum absolute atomic E-state index is 5.77. The Hall–Kier alpha value is -1.39. The topological polar surface area (TPSA) is 34.1 Å². The summed E-state index contributed by atoms with van der Waals surface area (Å²) in [5.74, 6) is 0.853. The van der Waals surface area contributed by atoms with Gasteiger partial charge in [0.15, 0.2) is 0 Å². The van der Waals surface area contributed by atoms with Crippen molar-refractivity contribution in [2.75, 3.05) is 6.54 Å². The molecule has 1 aromatic carbocycles. The van der Waals surface area contributed by atoms with Gasteiger partial charge in [-0.05, 0) is 30.3 Å².